The number of carbonyl (C=O) groups is 9. The van der Waals surface area contributed by atoms with Gasteiger partial charge in [-0.1, -0.05) is 70.5 Å². The van der Waals surface area contributed by atoms with Crippen molar-refractivity contribution in [1.29, 1.82) is 0 Å². The van der Waals surface area contributed by atoms with Crippen molar-refractivity contribution in [2.24, 2.45) is 0 Å². The number of aryl methyl sites for hydroxylation is 2. The average molecular weight is 1230 g/mol. The first-order valence-corrected chi connectivity index (χ1v) is 22.8. The topological polar surface area (TPSA) is 346 Å². The Hall–Kier alpha value is -9.49. The van der Waals surface area contributed by atoms with Gasteiger partial charge in [0, 0.05) is 79.1 Å². The number of amides is 5. The van der Waals surface area contributed by atoms with Crippen LogP contribution in [0, 0.1) is 40.6 Å². The third kappa shape index (κ3) is 43.7. The second-order valence-corrected chi connectivity index (χ2v) is 14.3. The Balaban J connectivity index is -0.00000121. The molecule has 5 heterocycles. The number of nitrogen functional groups attached to an aromatic ring is 3. The molecule has 0 saturated carbocycles. The Bertz CT molecular complexity index is 4370. The summed E-state index contributed by atoms with van der Waals surface area (Å²) in [5, 5.41) is 9.23. The number of alkyl halides is 1. The highest BCUT2D eigenvalue weighted by molar-refractivity contribution is 9.10. The summed E-state index contributed by atoms with van der Waals surface area (Å²) < 4.78 is 240. The van der Waals surface area contributed by atoms with Crippen LogP contribution in [0.2, 0.25) is 4.24 Å². The molecular weight excluding hydrogens is 1140 g/mol. The van der Waals surface area contributed by atoms with Crippen LogP contribution in [0.15, 0.2) is 162 Å². The van der Waals surface area contributed by atoms with Gasteiger partial charge < -0.3 is 48.7 Å². The number of nitrogens with zero attached hydrogens (tertiary/aromatic N) is 3. The first-order chi connectivity index (χ1) is 52.0. The maximum atomic E-state index is 10.7. The first-order valence-electron chi connectivity index (χ1n) is 37.1. The molecule has 4 aliphatic rings. The van der Waals surface area contributed by atoms with Gasteiger partial charge in [0.2, 0.25) is 30.0 Å². The van der Waals surface area contributed by atoms with E-state index in [1.165, 1.54) is 42.2 Å². The maximum absolute atomic E-state index is 10.7. The number of benzene rings is 3. The Labute approximate surface area is 530 Å². The summed E-state index contributed by atoms with van der Waals surface area (Å²) in [4.78, 5) is 116. The van der Waals surface area contributed by atoms with E-state index in [-0.39, 0.29) is 123 Å². The number of nitrogens with one attached hydrogen (secondary N) is 6. The minimum absolute atomic E-state index is 0.0833. The molecule has 1 aromatic heterocycles. The molecule has 25 heteroatoms. The summed E-state index contributed by atoms with van der Waals surface area (Å²) in [5.74, 6) is -4.00. The zero-order chi connectivity index (χ0) is 89.9. The Morgan fingerprint density at radius 1 is 0.800 bits per heavy atom. The van der Waals surface area contributed by atoms with Crippen LogP contribution in [0.1, 0.15) is 90.4 Å². The zero-order valence-corrected chi connectivity index (χ0v) is 44.0. The third-order valence-electron chi connectivity index (χ3n) is 6.64. The molecule has 0 atom stereocenters. The molecule has 5 amide bonds. The summed E-state index contributed by atoms with van der Waals surface area (Å²) in [6.07, 6.45) is 2.47. The predicted octanol–water partition coefficient (Wildman–Crippen LogP) is 6.68. The smallest absolute Gasteiger partial charge is 0.288 e. The molecule has 0 bridgehead atoms. The van der Waals surface area contributed by atoms with E-state index in [4.69, 9.17) is 82.9 Å². The van der Waals surface area contributed by atoms with Gasteiger partial charge in [0.15, 0.2) is 32.5 Å². The van der Waals surface area contributed by atoms with E-state index >= 15 is 0 Å². The van der Waals surface area contributed by atoms with E-state index < -0.39 is 154 Å². The van der Waals surface area contributed by atoms with Crippen molar-refractivity contribution in [1.82, 2.24) is 36.5 Å². The number of hydrogen-bond donors (Lipinski definition) is 9. The van der Waals surface area contributed by atoms with E-state index in [0.717, 1.165) is 12.3 Å². The fourth-order valence-electron chi connectivity index (χ4n) is 3.43. The number of H-pyrrole nitrogens is 1. The highest BCUT2D eigenvalue weighted by Gasteiger charge is 2.10. The van der Waals surface area contributed by atoms with Gasteiger partial charge >= 0.3 is 0 Å². The molecule has 0 unspecified atom stereocenters. The number of halogens is 2. The van der Waals surface area contributed by atoms with Crippen molar-refractivity contribution in [2.45, 2.75) is 58.2 Å². The minimum Gasteiger partial charge on any atom is -0.399 e. The normalized spacial score (nSPS) is 19.7. The van der Waals surface area contributed by atoms with Crippen LogP contribution >= 0.6 is 39.3 Å². The molecular formula is C55H64BrClN12O10S. The van der Waals surface area contributed by atoms with Gasteiger partial charge in [-0.15, -0.1) is 6.53 Å². The number of allylic oxidation sites excluding steroid dienone is 4. The maximum Gasteiger partial charge on any atom is 0.288 e. The van der Waals surface area contributed by atoms with E-state index in [0.29, 0.717) is 5.16 Å². The number of hydrogen-bond acceptors (Lipinski definition) is 15. The fraction of sp³-hybridized carbons (Fsp3) is 0.182. The van der Waals surface area contributed by atoms with Crippen LogP contribution < -0.4 is 49.3 Å². The Morgan fingerprint density at radius 2 is 1.35 bits per heavy atom. The number of aromatic amines is 1. The van der Waals surface area contributed by atoms with Crippen LogP contribution in [-0.2, 0) is 43.2 Å². The number of para-hydroxylation sites is 2. The van der Waals surface area contributed by atoms with Gasteiger partial charge in [-0.25, -0.2) is 16.4 Å². The number of thioether (sulfide) groups is 1. The summed E-state index contributed by atoms with van der Waals surface area (Å²) >= 11 is 9.19. The van der Waals surface area contributed by atoms with Crippen LogP contribution in [0.25, 0.3) is 9.69 Å². The van der Waals surface area contributed by atoms with Gasteiger partial charge in [0.25, 0.3) is 11.6 Å². The number of carbonyl (C=O) groups excluding carboxylic acids is 9. The number of ketones is 4. The lowest BCUT2D eigenvalue weighted by molar-refractivity contribution is -0.127. The number of aromatic nitrogens is 2. The molecule has 0 aliphatic carbocycles. The molecule has 0 fully saturated rings. The van der Waals surface area contributed by atoms with Crippen molar-refractivity contribution in [2.75, 3.05) is 29.4 Å². The third-order valence-corrected chi connectivity index (χ3v) is 7.75. The molecule has 8 rings (SSSR count). The van der Waals surface area contributed by atoms with Crippen molar-refractivity contribution < 1.29 is 89.9 Å². The molecule has 0 radical (unpaired) electrons. The van der Waals surface area contributed by atoms with E-state index in [1.54, 1.807) is 0 Å². The molecule has 0 spiro atoms. The van der Waals surface area contributed by atoms with Crippen molar-refractivity contribution in [3.05, 3.63) is 207 Å². The highest BCUT2D eigenvalue weighted by atomic mass is 79.9. The number of nitrogens with two attached hydrogens (primary N) is 3. The minimum atomic E-state index is -2.98. The van der Waals surface area contributed by atoms with Crippen molar-refractivity contribution >= 4 is 110 Å². The molecule has 3 aromatic carbocycles. The Morgan fingerprint density at radius 3 is 1.79 bits per heavy atom. The first kappa shape index (κ1) is 33.1. The van der Waals surface area contributed by atoms with E-state index in [2.05, 4.69) is 51.5 Å². The average Bonchev–Trinajstić information content (AvgIpc) is 0.726. The zero-order valence-electron chi connectivity index (χ0n) is 74.8. The second kappa shape index (κ2) is 47.9. The van der Waals surface area contributed by atoms with Gasteiger partial charge in [0.05, 0.1) is 54.2 Å². The van der Waals surface area contributed by atoms with E-state index in [1.807, 2.05) is 11.6 Å². The van der Waals surface area contributed by atoms with Gasteiger partial charge in [-0.05, 0) is 122 Å². The molecule has 12 N–H and O–H groups in total. The fourth-order valence-corrected chi connectivity index (χ4v) is 4.00. The standard InChI is InChI=1S/2C8H11N.C6H6BrN.C5H6N2OS.4C5H5NO2.C3H5NO.C3H3N.C2H2ClN/c2*1-6-4-3-5-7(2)8(6)9;7-5-1-3-6(8)4-2-5;1-9-5-6-3-2-4(8)7-5;4*7-4-1-2-6-5(8)3-4;1-2-4-3-5;1-3-4-2;1-4-2-3/h2*3-5H,9H2,1-2H3;1-4H,8H2;2-3H,1H3,(H,6,7,8);4*1-2H,3H2,(H,6,8);2-3H,1H2,(H,4,5);3H,1H2;2H2/i1D3,2D3,3D,4D,5D;1D3,2D3;1D,2D,3D,4D;;2*1D,2D;2D;1D;1D2,2D;1D2,3D;/hD3. The number of anilines is 3. The van der Waals surface area contributed by atoms with E-state index in [9.17, 15) is 47.9 Å². The van der Waals surface area contributed by atoms with Crippen LogP contribution in [-0.4, -0.2) is 75.4 Å². The molecule has 0 saturated heterocycles. The second-order valence-electron chi connectivity index (χ2n) is 12.5. The molecule has 22 nitrogen and oxygen atoms in total. The molecule has 80 heavy (non-hydrogen) atoms. The van der Waals surface area contributed by atoms with Crippen molar-refractivity contribution in [3.8, 4) is 0 Å². The summed E-state index contributed by atoms with van der Waals surface area (Å²) in [6, 6.07) is 1.08. The number of rotatable bonds is 4. The molecule has 4 aliphatic heterocycles. The predicted molar refractivity (Wildman–Crippen MR) is 317 cm³/mol. The van der Waals surface area contributed by atoms with Gasteiger partial charge in [0.1, 0.15) is 6.18 Å². The quantitative estimate of drug-likeness (QED) is 0.0150. The highest BCUT2D eigenvalue weighted by Crippen LogP contribution is 2.15. The Kier molecular flexibility index (Phi) is 19.8. The van der Waals surface area contributed by atoms with Crippen molar-refractivity contribution in [3.63, 3.8) is 0 Å². The SMILES string of the molecule is CSc1nccc(=O)[nH]1.[2H]C([2H])([2H])c1cccc(C([2H])([2H])[2H])c1N.[2H]C([2H])=C([2H])NC=O.[2H]C([2H])=C([2H])[N+]#[C-].[2H]C1=C([2H])C(=O)CC(=O)N1.[2H]C1=C([2H])N([2H])C(=O)CC1=O.[2H]C1=CC(=O)CC(=O)N1.[2H]C1=CNC(=O)CC1=O.[2H]c1c([2H])c(Br)c([2H])c([2H])c1N.[2H]c1c([2H])c(C([2H])([2H])[2H])c(N([2H])[2H])c(C([2H])([2H])[2H])c1[2H].[C-]#[N+]CCl. The summed E-state index contributed by atoms with van der Waals surface area (Å²) in [6.45, 7) is -0.120. The lowest BCUT2D eigenvalue weighted by Crippen LogP contribution is -2.24. The van der Waals surface area contributed by atoms with Gasteiger partial charge in [-0.3, -0.25) is 52.8 Å². The van der Waals surface area contributed by atoms with Gasteiger partial charge in [-0.2, -0.15) is 0 Å². The summed E-state index contributed by atoms with van der Waals surface area (Å²) in [7, 11) is 0. The van der Waals surface area contributed by atoms with Crippen LogP contribution in [0.5, 0.6) is 0 Å². The largest absolute Gasteiger partial charge is 0.399 e. The molecule has 4 aromatic rings. The summed E-state index contributed by atoms with van der Waals surface area (Å²) in [5.41, 5.74) is 7.37. The lowest BCUT2D eigenvalue weighted by atomic mass is 10.1. The monoisotopic (exact) mass is 1230 g/mol. The molecule has 424 valence electrons. The lowest BCUT2D eigenvalue weighted by Gasteiger charge is -2.00. The van der Waals surface area contributed by atoms with Crippen LogP contribution in [0.3, 0.4) is 0 Å². The van der Waals surface area contributed by atoms with Crippen LogP contribution in [0.4, 0.5) is 17.1 Å².